The molecule has 0 nitrogen and oxygen atoms in total. The summed E-state index contributed by atoms with van der Waals surface area (Å²) in [6.45, 7) is 7.47. The topological polar surface area (TPSA) is 0 Å². The maximum Gasteiger partial charge on any atom is -0.0321 e. The molecule has 4 aliphatic carbocycles. The summed E-state index contributed by atoms with van der Waals surface area (Å²) in [5, 5.41) is 0. The molecule has 16 heavy (non-hydrogen) atoms. The number of hydrogen-bond acceptors (Lipinski definition) is 0. The summed E-state index contributed by atoms with van der Waals surface area (Å²) in [4.78, 5) is 0. The van der Waals surface area contributed by atoms with Crippen LogP contribution in [0.4, 0.5) is 0 Å². The Balaban J connectivity index is 1.46. The molecule has 0 heterocycles. The molecule has 0 aromatic carbocycles. The average molecular weight is 218 g/mol. The van der Waals surface area contributed by atoms with Crippen LogP contribution in [-0.4, -0.2) is 0 Å². The van der Waals surface area contributed by atoms with E-state index in [4.69, 9.17) is 0 Å². The highest BCUT2D eigenvalue weighted by Gasteiger charge is 2.66. The second-order valence-corrected chi connectivity index (χ2v) is 7.52. The second kappa shape index (κ2) is 3.06. The van der Waals surface area contributed by atoms with E-state index in [0.29, 0.717) is 0 Å². The summed E-state index contributed by atoms with van der Waals surface area (Å²) in [6.07, 6.45) is 6.21. The predicted molar refractivity (Wildman–Crippen MR) is 66.9 cm³/mol. The summed E-state index contributed by atoms with van der Waals surface area (Å²) in [6, 6.07) is 0. The second-order valence-electron chi connectivity index (χ2n) is 7.52. The minimum atomic E-state index is 1.07. The van der Waals surface area contributed by atoms with Crippen molar-refractivity contribution in [1.82, 2.24) is 0 Å². The molecule has 9 atom stereocenters. The Morgan fingerprint density at radius 1 is 0.812 bits per heavy atom. The molecule has 0 heteroatoms. The smallest absolute Gasteiger partial charge is 0.0321 e. The van der Waals surface area contributed by atoms with Crippen molar-refractivity contribution in [2.24, 2.45) is 53.3 Å². The molecule has 0 aliphatic heterocycles. The molecule has 0 N–H and O–H groups in total. The molecule has 0 radical (unpaired) electrons. The number of hydrogen-bond donors (Lipinski definition) is 0. The van der Waals surface area contributed by atoms with Gasteiger partial charge in [-0.25, -0.2) is 0 Å². The number of fused-ring (bicyclic) bond motifs is 1. The Bertz CT molecular complexity index is 307. The Morgan fingerprint density at radius 3 is 2.06 bits per heavy atom. The highest BCUT2D eigenvalue weighted by Crippen LogP contribution is 2.72. The van der Waals surface area contributed by atoms with Crippen LogP contribution in [0.15, 0.2) is 0 Å². The van der Waals surface area contributed by atoms with Gasteiger partial charge < -0.3 is 0 Å². The van der Waals surface area contributed by atoms with Crippen LogP contribution in [0.5, 0.6) is 0 Å². The highest BCUT2D eigenvalue weighted by atomic mass is 14.7. The third-order valence-electron chi connectivity index (χ3n) is 6.96. The van der Waals surface area contributed by atoms with Crippen molar-refractivity contribution in [3.05, 3.63) is 0 Å². The molecule has 4 fully saturated rings. The molecule has 0 amide bonds. The van der Waals surface area contributed by atoms with Gasteiger partial charge in [0, 0.05) is 0 Å². The molecule has 4 saturated carbocycles. The molecule has 4 aliphatic rings. The fourth-order valence-electron chi connectivity index (χ4n) is 5.81. The highest BCUT2D eigenvalue weighted by molar-refractivity contribution is 5.14. The van der Waals surface area contributed by atoms with Gasteiger partial charge in [-0.05, 0) is 72.5 Å². The summed E-state index contributed by atoms with van der Waals surface area (Å²) in [5.74, 6) is 10.3. The van der Waals surface area contributed by atoms with Gasteiger partial charge >= 0.3 is 0 Å². The van der Waals surface area contributed by atoms with Gasteiger partial charge in [-0.1, -0.05) is 27.2 Å². The van der Waals surface area contributed by atoms with Crippen LogP contribution in [0.2, 0.25) is 0 Å². The predicted octanol–water partition coefficient (Wildman–Crippen LogP) is 4.21. The summed E-state index contributed by atoms with van der Waals surface area (Å²) < 4.78 is 0. The summed E-state index contributed by atoms with van der Waals surface area (Å²) in [7, 11) is 0. The normalized spacial score (nSPS) is 66.6. The summed E-state index contributed by atoms with van der Waals surface area (Å²) in [5.41, 5.74) is 0. The molecule has 4 rings (SSSR count). The van der Waals surface area contributed by atoms with Crippen LogP contribution in [0, 0.1) is 53.3 Å². The zero-order valence-electron chi connectivity index (χ0n) is 11.0. The molecule has 0 bridgehead atoms. The van der Waals surface area contributed by atoms with Crippen LogP contribution in [-0.2, 0) is 0 Å². The van der Waals surface area contributed by atoms with Crippen molar-refractivity contribution in [3.8, 4) is 0 Å². The van der Waals surface area contributed by atoms with Crippen molar-refractivity contribution < 1.29 is 0 Å². The maximum atomic E-state index is 2.55. The van der Waals surface area contributed by atoms with Gasteiger partial charge in [-0.3, -0.25) is 0 Å². The SMILES string of the molecule is CCC1CC1C1CC(C)C1C1C(C)C2CC21. The van der Waals surface area contributed by atoms with E-state index in [1.807, 2.05) is 0 Å². The maximum absolute atomic E-state index is 2.55. The van der Waals surface area contributed by atoms with E-state index in [9.17, 15) is 0 Å². The number of rotatable bonds is 3. The fraction of sp³-hybridized carbons (Fsp3) is 1.00. The van der Waals surface area contributed by atoms with Gasteiger partial charge in [-0.2, -0.15) is 0 Å². The Labute approximate surface area is 100 Å². The monoisotopic (exact) mass is 218 g/mol. The van der Waals surface area contributed by atoms with Crippen molar-refractivity contribution in [3.63, 3.8) is 0 Å². The zero-order chi connectivity index (χ0) is 11.0. The van der Waals surface area contributed by atoms with Crippen molar-refractivity contribution >= 4 is 0 Å². The fourth-order valence-corrected chi connectivity index (χ4v) is 5.81. The van der Waals surface area contributed by atoms with Gasteiger partial charge in [0.2, 0.25) is 0 Å². The van der Waals surface area contributed by atoms with Crippen molar-refractivity contribution in [2.75, 3.05) is 0 Å². The molecular formula is C16H26. The van der Waals surface area contributed by atoms with Crippen molar-refractivity contribution in [2.45, 2.75) is 46.5 Å². The Kier molecular flexibility index (Phi) is 1.91. The van der Waals surface area contributed by atoms with Gasteiger partial charge in [0.1, 0.15) is 0 Å². The van der Waals surface area contributed by atoms with Gasteiger partial charge in [-0.15, -0.1) is 0 Å². The quantitative estimate of drug-likeness (QED) is 0.666. The first-order valence-corrected chi connectivity index (χ1v) is 7.72. The summed E-state index contributed by atoms with van der Waals surface area (Å²) >= 11 is 0. The zero-order valence-corrected chi connectivity index (χ0v) is 11.0. The van der Waals surface area contributed by atoms with Crippen LogP contribution >= 0.6 is 0 Å². The molecule has 90 valence electrons. The van der Waals surface area contributed by atoms with Crippen molar-refractivity contribution in [1.29, 1.82) is 0 Å². The van der Waals surface area contributed by atoms with E-state index >= 15 is 0 Å². The molecular weight excluding hydrogens is 192 g/mol. The molecule has 0 saturated heterocycles. The first-order valence-electron chi connectivity index (χ1n) is 7.72. The third kappa shape index (κ3) is 1.12. The lowest BCUT2D eigenvalue weighted by atomic mass is 9.51. The third-order valence-corrected chi connectivity index (χ3v) is 6.96. The first kappa shape index (κ1) is 9.97. The molecule has 0 spiro atoms. The lowest BCUT2D eigenvalue weighted by Gasteiger charge is -2.53. The minimum absolute atomic E-state index is 1.07. The largest absolute Gasteiger partial charge is 0.0651 e. The van der Waals surface area contributed by atoms with E-state index in [1.165, 1.54) is 18.3 Å². The van der Waals surface area contributed by atoms with Crippen LogP contribution in [0.25, 0.3) is 0 Å². The van der Waals surface area contributed by atoms with E-state index in [0.717, 1.165) is 41.4 Å². The Hall–Kier alpha value is 0. The van der Waals surface area contributed by atoms with E-state index in [1.54, 1.807) is 19.3 Å². The average Bonchev–Trinajstić information content (AvgIpc) is 3.14. The van der Waals surface area contributed by atoms with Gasteiger partial charge in [0.25, 0.3) is 0 Å². The minimum Gasteiger partial charge on any atom is -0.0651 e. The van der Waals surface area contributed by atoms with E-state index in [-0.39, 0.29) is 0 Å². The van der Waals surface area contributed by atoms with E-state index < -0.39 is 0 Å². The first-order chi connectivity index (χ1) is 7.72. The lowest BCUT2D eigenvalue weighted by Crippen LogP contribution is -2.48. The van der Waals surface area contributed by atoms with Crippen LogP contribution in [0.1, 0.15) is 46.5 Å². The molecule has 0 aromatic heterocycles. The molecule has 0 aromatic rings. The van der Waals surface area contributed by atoms with Crippen LogP contribution in [0.3, 0.4) is 0 Å². The Morgan fingerprint density at radius 2 is 1.56 bits per heavy atom. The molecule has 9 unspecified atom stereocenters. The van der Waals surface area contributed by atoms with Gasteiger partial charge in [0.15, 0.2) is 0 Å². The van der Waals surface area contributed by atoms with Gasteiger partial charge in [0.05, 0.1) is 0 Å². The lowest BCUT2D eigenvalue weighted by molar-refractivity contribution is -0.0559. The van der Waals surface area contributed by atoms with E-state index in [2.05, 4.69) is 20.8 Å². The van der Waals surface area contributed by atoms with Crippen LogP contribution < -0.4 is 0 Å². The standard InChI is InChI=1S/C16H26/c1-4-10-6-12(10)13-5-8(2)15(13)16-9(3)11-7-14(11)16/h8-16H,4-7H2,1-3H3.